The largest absolute Gasteiger partial charge is 0.493 e. The Labute approximate surface area is 281 Å². The van der Waals surface area contributed by atoms with Crippen LogP contribution in [0.25, 0.3) is 0 Å². The summed E-state index contributed by atoms with van der Waals surface area (Å²) in [5, 5.41) is 0. The number of nitrogens with zero attached hydrogens (tertiary/aromatic N) is 3. The number of furan rings is 1. The van der Waals surface area contributed by atoms with E-state index in [9.17, 15) is 19.2 Å². The van der Waals surface area contributed by atoms with E-state index < -0.39 is 23.4 Å². The predicted octanol–water partition coefficient (Wildman–Crippen LogP) is 3.94. The number of likely N-dealkylation sites (tertiary alicyclic amines) is 1. The fraction of sp³-hybridized carbons (Fsp3) is 0.556. The summed E-state index contributed by atoms with van der Waals surface area (Å²) in [4.78, 5) is 59.8. The molecular formula is C36H47N3O9. The van der Waals surface area contributed by atoms with Crippen LogP contribution in [-0.4, -0.2) is 105 Å². The van der Waals surface area contributed by atoms with Crippen molar-refractivity contribution < 1.29 is 42.5 Å². The van der Waals surface area contributed by atoms with Gasteiger partial charge in [-0.25, -0.2) is 0 Å². The summed E-state index contributed by atoms with van der Waals surface area (Å²) in [6, 6.07) is 8.88. The predicted molar refractivity (Wildman–Crippen MR) is 175 cm³/mol. The summed E-state index contributed by atoms with van der Waals surface area (Å²) < 4.78 is 28.0. The summed E-state index contributed by atoms with van der Waals surface area (Å²) >= 11 is 0. The van der Waals surface area contributed by atoms with Crippen molar-refractivity contribution in [3.8, 4) is 11.5 Å². The first-order valence-corrected chi connectivity index (χ1v) is 16.4. The van der Waals surface area contributed by atoms with Crippen LogP contribution in [-0.2, 0) is 30.3 Å². The van der Waals surface area contributed by atoms with E-state index in [1.807, 2.05) is 31.2 Å². The lowest BCUT2D eigenvalue weighted by atomic mass is 9.65. The molecular weight excluding hydrogens is 618 g/mol. The van der Waals surface area contributed by atoms with E-state index in [4.69, 9.17) is 23.4 Å². The lowest BCUT2D eigenvalue weighted by molar-refractivity contribution is -0.180. The Kier molecular flexibility index (Phi) is 10.2. The molecule has 0 saturated carbocycles. The second-order valence-corrected chi connectivity index (χ2v) is 13.8. The topological polar surface area (TPSA) is 128 Å². The molecule has 0 bridgehead atoms. The first kappa shape index (κ1) is 35.0. The van der Waals surface area contributed by atoms with Crippen molar-refractivity contribution in [1.29, 1.82) is 0 Å². The lowest BCUT2D eigenvalue weighted by Crippen LogP contribution is -2.61. The van der Waals surface area contributed by atoms with Crippen LogP contribution in [0, 0.1) is 16.7 Å². The Balaban J connectivity index is 1.42. The van der Waals surface area contributed by atoms with Crippen LogP contribution in [0.1, 0.15) is 56.7 Å². The molecule has 3 aliphatic rings. The number of hydrogen-bond donors (Lipinski definition) is 0. The Morgan fingerprint density at radius 2 is 1.67 bits per heavy atom. The number of carbonyl (C=O) groups excluding carboxylic acids is 4. The molecule has 2 fully saturated rings. The molecule has 260 valence electrons. The molecule has 4 atom stereocenters. The third-order valence-electron chi connectivity index (χ3n) is 9.83. The number of rotatable bonds is 9. The van der Waals surface area contributed by atoms with Crippen LogP contribution >= 0.6 is 0 Å². The molecule has 12 heteroatoms. The smallest absolute Gasteiger partial charge is 0.320 e. The Bertz CT molecular complexity index is 1540. The monoisotopic (exact) mass is 665 g/mol. The van der Waals surface area contributed by atoms with Gasteiger partial charge in [-0.1, -0.05) is 26.8 Å². The van der Waals surface area contributed by atoms with Gasteiger partial charge in [-0.3, -0.25) is 19.2 Å². The number of piperidine rings is 1. The Morgan fingerprint density at radius 1 is 0.979 bits per heavy atom. The zero-order valence-electron chi connectivity index (χ0n) is 28.9. The van der Waals surface area contributed by atoms with E-state index in [1.165, 1.54) is 13.4 Å². The number of methoxy groups -OCH3 is 3. The van der Waals surface area contributed by atoms with Crippen molar-refractivity contribution in [2.45, 2.75) is 59.2 Å². The molecule has 1 aromatic heterocycles. The zero-order chi connectivity index (χ0) is 34.8. The first-order valence-electron chi connectivity index (χ1n) is 16.4. The van der Waals surface area contributed by atoms with Gasteiger partial charge >= 0.3 is 5.97 Å². The van der Waals surface area contributed by atoms with Crippen molar-refractivity contribution >= 4 is 23.7 Å². The van der Waals surface area contributed by atoms with Gasteiger partial charge in [-0.2, -0.15) is 0 Å². The van der Waals surface area contributed by atoms with Crippen LogP contribution in [0.5, 0.6) is 11.5 Å². The average Bonchev–Trinajstić information content (AvgIpc) is 3.62. The fourth-order valence-corrected chi connectivity index (χ4v) is 7.00. The summed E-state index contributed by atoms with van der Waals surface area (Å²) in [5.41, 5.74) is -0.125. The van der Waals surface area contributed by atoms with E-state index in [1.54, 1.807) is 41.1 Å². The molecule has 0 radical (unpaired) electrons. The number of benzene rings is 1. The van der Waals surface area contributed by atoms with Gasteiger partial charge in [0, 0.05) is 50.8 Å². The van der Waals surface area contributed by atoms with E-state index in [2.05, 4.69) is 20.8 Å². The third-order valence-corrected chi connectivity index (χ3v) is 9.83. The van der Waals surface area contributed by atoms with Crippen LogP contribution in [0.3, 0.4) is 0 Å². The summed E-state index contributed by atoms with van der Waals surface area (Å²) in [5.74, 6) is -0.516. The molecule has 0 N–H and O–H groups in total. The van der Waals surface area contributed by atoms with Crippen LogP contribution < -0.4 is 9.47 Å². The molecule has 4 heterocycles. The molecule has 48 heavy (non-hydrogen) atoms. The van der Waals surface area contributed by atoms with Gasteiger partial charge in [0.2, 0.25) is 11.8 Å². The molecule has 12 nitrogen and oxygen atoms in total. The minimum Gasteiger partial charge on any atom is -0.493 e. The second-order valence-electron chi connectivity index (χ2n) is 13.8. The van der Waals surface area contributed by atoms with Gasteiger partial charge in [0.25, 0.3) is 5.91 Å². The number of piperazine rings is 1. The molecule has 3 aliphatic heterocycles. The maximum absolute atomic E-state index is 14.4. The number of esters is 1. The van der Waals surface area contributed by atoms with Crippen molar-refractivity contribution in [3.05, 3.63) is 59.7 Å². The summed E-state index contributed by atoms with van der Waals surface area (Å²) in [6.45, 7) is 9.61. The number of fused-ring (bicyclic) bond motifs is 1. The third kappa shape index (κ3) is 6.67. The van der Waals surface area contributed by atoms with E-state index in [-0.39, 0.29) is 54.4 Å². The maximum Gasteiger partial charge on any atom is 0.320 e. The summed E-state index contributed by atoms with van der Waals surface area (Å²) in [6.07, 6.45) is 2.82. The van der Waals surface area contributed by atoms with Crippen molar-refractivity contribution in [1.82, 2.24) is 14.7 Å². The van der Waals surface area contributed by atoms with Gasteiger partial charge in [-0.15, -0.1) is 0 Å². The van der Waals surface area contributed by atoms with Crippen LogP contribution in [0.15, 0.2) is 52.8 Å². The summed E-state index contributed by atoms with van der Waals surface area (Å²) in [7, 11) is 4.48. The molecule has 3 amide bonds. The first-order chi connectivity index (χ1) is 22.8. The SMILES string of the molecule is COC(=O)[C@]12C[C@H](CC(=O)N3CCN(C(=O)c4ccco4)CC3)C(=O)N(CCc3ccc(OC)c(OC)c3)C1=C[C@H](C(C)(C)C)O[C@@H]2C. The maximum atomic E-state index is 14.4. The second kappa shape index (κ2) is 14.0. The van der Waals surface area contributed by atoms with E-state index in [0.717, 1.165) is 5.56 Å². The van der Waals surface area contributed by atoms with Crippen molar-refractivity contribution in [2.24, 2.45) is 16.7 Å². The number of amides is 3. The highest BCUT2D eigenvalue weighted by atomic mass is 16.5. The highest BCUT2D eigenvalue weighted by Crippen LogP contribution is 2.52. The highest BCUT2D eigenvalue weighted by molar-refractivity contribution is 5.93. The Hall–Kier alpha value is -4.32. The molecule has 0 aliphatic carbocycles. The Morgan fingerprint density at radius 3 is 2.27 bits per heavy atom. The highest BCUT2D eigenvalue weighted by Gasteiger charge is 2.60. The van der Waals surface area contributed by atoms with Crippen LogP contribution in [0.4, 0.5) is 0 Å². The quantitative estimate of drug-likeness (QED) is 0.366. The van der Waals surface area contributed by atoms with Gasteiger partial charge in [0.15, 0.2) is 17.3 Å². The van der Waals surface area contributed by atoms with Crippen LogP contribution in [0.2, 0.25) is 0 Å². The molecule has 0 unspecified atom stereocenters. The van der Waals surface area contributed by atoms with Crippen molar-refractivity contribution in [3.63, 3.8) is 0 Å². The number of carbonyl (C=O) groups is 4. The number of ether oxygens (including phenoxy) is 4. The normalized spacial score (nSPS) is 24.5. The van der Waals surface area contributed by atoms with Gasteiger partial charge in [-0.05, 0) is 61.1 Å². The van der Waals surface area contributed by atoms with E-state index in [0.29, 0.717) is 49.8 Å². The fourth-order valence-electron chi connectivity index (χ4n) is 7.00. The zero-order valence-corrected chi connectivity index (χ0v) is 28.9. The average molecular weight is 666 g/mol. The van der Waals surface area contributed by atoms with Gasteiger partial charge in [0.05, 0.1) is 39.8 Å². The van der Waals surface area contributed by atoms with Crippen molar-refractivity contribution in [2.75, 3.05) is 54.1 Å². The molecule has 2 aromatic rings. The minimum atomic E-state index is -1.29. The molecule has 5 rings (SSSR count). The lowest BCUT2D eigenvalue weighted by Gasteiger charge is -2.53. The standard InChI is InChI=1S/C36H47N3O9/c1-23-36(34(43)46-7)22-25(20-31(40)37-14-16-38(17-15-37)33(42)27-9-8-18-47-27)32(41)39(29(36)21-30(48-23)35(2,3)4)13-12-24-10-11-26(44-5)28(19-24)45-6/h8-11,18-19,21,23,25,30H,12-17,20,22H2,1-7H3/t23-,25+,30-,36+/m1/s1. The van der Waals surface area contributed by atoms with Gasteiger partial charge in [0.1, 0.15) is 5.41 Å². The molecule has 0 spiro atoms. The van der Waals surface area contributed by atoms with Gasteiger partial charge < -0.3 is 38.1 Å². The van der Waals surface area contributed by atoms with E-state index >= 15 is 0 Å². The number of hydrogen-bond acceptors (Lipinski definition) is 9. The molecule has 2 saturated heterocycles. The minimum absolute atomic E-state index is 0.0813. The molecule has 1 aromatic carbocycles.